The summed E-state index contributed by atoms with van der Waals surface area (Å²) in [6.45, 7) is 0. The Kier molecular flexibility index (Phi) is 4.74. The quantitative estimate of drug-likeness (QED) is 0.842. The summed E-state index contributed by atoms with van der Waals surface area (Å²) in [4.78, 5) is 22.2. The van der Waals surface area contributed by atoms with E-state index < -0.39 is 21.2 Å². The second-order valence-electron chi connectivity index (χ2n) is 3.08. The van der Waals surface area contributed by atoms with Gasteiger partial charge in [-0.15, -0.1) is 0 Å². The minimum atomic E-state index is -4.08. The zero-order chi connectivity index (χ0) is 13.8. The lowest BCUT2D eigenvalue weighted by molar-refractivity contribution is 0.0596. The number of methoxy groups -OCH3 is 1. The van der Waals surface area contributed by atoms with Gasteiger partial charge in [-0.1, -0.05) is 23.9 Å². The van der Waals surface area contributed by atoms with Crippen molar-refractivity contribution in [2.24, 2.45) is 0 Å². The topological polar surface area (TPSA) is 89.5 Å². The van der Waals surface area contributed by atoms with Gasteiger partial charge in [-0.3, -0.25) is 4.79 Å². The van der Waals surface area contributed by atoms with Crippen molar-refractivity contribution in [2.75, 3.05) is 13.4 Å². The number of amides is 1. The van der Waals surface area contributed by atoms with Gasteiger partial charge < -0.3 is 4.74 Å². The average molecular weight is 289 g/mol. The molecule has 0 aliphatic heterocycles. The summed E-state index contributed by atoms with van der Waals surface area (Å²) in [6, 6.07) is 5.48. The molecule has 0 spiro atoms. The van der Waals surface area contributed by atoms with Crippen LogP contribution < -0.4 is 4.72 Å². The molecule has 1 rings (SSSR count). The molecule has 8 heteroatoms. The Morgan fingerprint density at radius 1 is 1.28 bits per heavy atom. The summed E-state index contributed by atoms with van der Waals surface area (Å²) >= 11 is 0.721. The normalized spacial score (nSPS) is 10.8. The molecule has 0 saturated carbocycles. The highest BCUT2D eigenvalue weighted by Gasteiger charge is 2.24. The molecule has 0 fully saturated rings. The lowest BCUT2D eigenvalue weighted by atomic mass is 10.2. The molecular formula is C10H11NO5S2. The molecule has 0 aliphatic rings. The maximum absolute atomic E-state index is 11.9. The zero-order valence-corrected chi connectivity index (χ0v) is 11.3. The number of sulfonamides is 1. The smallest absolute Gasteiger partial charge is 0.339 e. The van der Waals surface area contributed by atoms with E-state index in [0.29, 0.717) is 0 Å². The van der Waals surface area contributed by atoms with Crippen molar-refractivity contribution >= 4 is 33.0 Å². The molecule has 6 nitrogen and oxygen atoms in total. The lowest BCUT2D eigenvalue weighted by Crippen LogP contribution is -2.28. The van der Waals surface area contributed by atoms with Crippen LogP contribution in [-0.4, -0.2) is 33.0 Å². The summed E-state index contributed by atoms with van der Waals surface area (Å²) in [5.41, 5.74) is -0.124. The summed E-state index contributed by atoms with van der Waals surface area (Å²) in [7, 11) is -2.93. The Morgan fingerprint density at radius 2 is 1.89 bits per heavy atom. The predicted molar refractivity (Wildman–Crippen MR) is 67.0 cm³/mol. The molecule has 18 heavy (non-hydrogen) atoms. The molecule has 0 bridgehead atoms. The van der Waals surface area contributed by atoms with Crippen LogP contribution in [0.2, 0.25) is 0 Å². The van der Waals surface area contributed by atoms with E-state index in [2.05, 4.69) is 4.74 Å². The van der Waals surface area contributed by atoms with E-state index in [1.165, 1.54) is 30.5 Å². The lowest BCUT2D eigenvalue weighted by Gasteiger charge is -2.09. The molecule has 1 aromatic rings. The molecule has 0 radical (unpaired) electrons. The van der Waals surface area contributed by atoms with E-state index in [9.17, 15) is 18.0 Å². The molecule has 0 saturated heterocycles. The van der Waals surface area contributed by atoms with Crippen LogP contribution in [0.15, 0.2) is 29.2 Å². The maximum atomic E-state index is 11.9. The van der Waals surface area contributed by atoms with Crippen molar-refractivity contribution in [1.29, 1.82) is 0 Å². The number of esters is 1. The average Bonchev–Trinajstić information content (AvgIpc) is 2.37. The van der Waals surface area contributed by atoms with Crippen LogP contribution in [0, 0.1) is 0 Å². The van der Waals surface area contributed by atoms with Crippen LogP contribution in [0.3, 0.4) is 0 Å². The molecule has 0 aromatic heterocycles. The first-order chi connectivity index (χ1) is 8.42. The highest BCUT2D eigenvalue weighted by Crippen LogP contribution is 2.16. The number of carbonyl (C=O) groups is 2. The molecule has 98 valence electrons. The van der Waals surface area contributed by atoms with Gasteiger partial charge in [0, 0.05) is 0 Å². The minimum absolute atomic E-state index is 0.124. The van der Waals surface area contributed by atoms with Gasteiger partial charge in [0.2, 0.25) is 0 Å². The highest BCUT2D eigenvalue weighted by molar-refractivity contribution is 8.14. The number of rotatable bonds is 3. The Morgan fingerprint density at radius 3 is 2.44 bits per heavy atom. The number of ether oxygens (including phenoxy) is 1. The number of nitrogens with one attached hydrogen (secondary N) is 1. The van der Waals surface area contributed by atoms with Crippen LogP contribution >= 0.6 is 11.8 Å². The van der Waals surface area contributed by atoms with Crippen molar-refractivity contribution < 1.29 is 22.7 Å². The van der Waals surface area contributed by atoms with E-state index in [1.54, 1.807) is 0 Å². The standard InChI is InChI=1S/C10H11NO5S2/c1-16-9(12)7-5-3-4-6-8(7)18(14,15)11-10(13)17-2/h3-6H,1-2H3,(H,11,13). The maximum Gasteiger partial charge on any atom is 0.339 e. The number of thioether (sulfide) groups is 1. The number of carbonyl (C=O) groups excluding carboxylic acids is 2. The van der Waals surface area contributed by atoms with E-state index in [-0.39, 0.29) is 10.5 Å². The Balaban J connectivity index is 3.24. The molecule has 0 atom stereocenters. The zero-order valence-electron chi connectivity index (χ0n) is 9.67. The number of hydrogen-bond acceptors (Lipinski definition) is 6. The van der Waals surface area contributed by atoms with E-state index in [1.807, 2.05) is 4.72 Å². The monoisotopic (exact) mass is 289 g/mol. The third kappa shape index (κ3) is 3.23. The first-order valence-electron chi connectivity index (χ1n) is 4.70. The van der Waals surface area contributed by atoms with Gasteiger partial charge in [-0.2, -0.15) is 0 Å². The molecule has 1 aromatic carbocycles. The minimum Gasteiger partial charge on any atom is -0.465 e. The van der Waals surface area contributed by atoms with Crippen LogP contribution in [0.4, 0.5) is 4.79 Å². The van der Waals surface area contributed by atoms with Crippen molar-refractivity contribution in [3.05, 3.63) is 29.8 Å². The number of hydrogen-bond donors (Lipinski definition) is 1. The van der Waals surface area contributed by atoms with Crippen molar-refractivity contribution in [1.82, 2.24) is 4.72 Å². The van der Waals surface area contributed by atoms with Gasteiger partial charge in [0.25, 0.3) is 15.3 Å². The van der Waals surface area contributed by atoms with Crippen LogP contribution in [0.5, 0.6) is 0 Å². The van der Waals surface area contributed by atoms with E-state index in [4.69, 9.17) is 0 Å². The molecule has 1 amide bonds. The van der Waals surface area contributed by atoms with Gasteiger partial charge in [-0.25, -0.2) is 17.9 Å². The highest BCUT2D eigenvalue weighted by atomic mass is 32.2. The summed E-state index contributed by atoms with van der Waals surface area (Å²) in [5, 5.41) is -0.727. The third-order valence-corrected chi connectivity index (χ3v) is 3.98. The molecule has 1 N–H and O–H groups in total. The summed E-state index contributed by atoms with van der Waals surface area (Å²) in [6.07, 6.45) is 1.44. The van der Waals surface area contributed by atoms with Crippen molar-refractivity contribution in [2.45, 2.75) is 4.90 Å². The van der Waals surface area contributed by atoms with Gasteiger partial charge in [-0.05, 0) is 18.4 Å². The van der Waals surface area contributed by atoms with Gasteiger partial charge >= 0.3 is 5.97 Å². The van der Waals surface area contributed by atoms with Crippen molar-refractivity contribution in [3.8, 4) is 0 Å². The van der Waals surface area contributed by atoms with E-state index in [0.717, 1.165) is 18.9 Å². The van der Waals surface area contributed by atoms with Crippen LogP contribution in [0.25, 0.3) is 0 Å². The second-order valence-corrected chi connectivity index (χ2v) is 5.51. The van der Waals surface area contributed by atoms with Crippen LogP contribution in [0.1, 0.15) is 10.4 Å². The van der Waals surface area contributed by atoms with Gasteiger partial charge in [0.1, 0.15) is 4.90 Å². The van der Waals surface area contributed by atoms with Crippen LogP contribution in [-0.2, 0) is 14.8 Å². The molecule has 0 heterocycles. The second kappa shape index (κ2) is 5.87. The first kappa shape index (κ1) is 14.5. The SMILES string of the molecule is COC(=O)c1ccccc1S(=O)(=O)NC(=O)SC. The Labute approximate surface area is 109 Å². The predicted octanol–water partition coefficient (Wildman–Crippen LogP) is 1.23. The Bertz CT molecular complexity index is 567. The fraction of sp³-hybridized carbons (Fsp3) is 0.200. The molecule has 0 aliphatic carbocycles. The number of benzene rings is 1. The van der Waals surface area contributed by atoms with E-state index >= 15 is 0 Å². The fourth-order valence-corrected chi connectivity index (χ4v) is 2.88. The van der Waals surface area contributed by atoms with Crippen molar-refractivity contribution in [3.63, 3.8) is 0 Å². The van der Waals surface area contributed by atoms with Gasteiger partial charge in [0.15, 0.2) is 0 Å². The summed E-state index contributed by atoms with van der Waals surface area (Å²) in [5.74, 6) is -0.785. The first-order valence-corrected chi connectivity index (χ1v) is 7.41. The fourth-order valence-electron chi connectivity index (χ4n) is 1.19. The third-order valence-electron chi connectivity index (χ3n) is 1.98. The Hall–Kier alpha value is -1.54. The van der Waals surface area contributed by atoms with Gasteiger partial charge in [0.05, 0.1) is 12.7 Å². The molecule has 0 unspecified atom stereocenters. The molecular weight excluding hydrogens is 278 g/mol. The summed E-state index contributed by atoms with van der Waals surface area (Å²) < 4.78 is 30.1. The largest absolute Gasteiger partial charge is 0.465 e.